The summed E-state index contributed by atoms with van der Waals surface area (Å²) < 4.78 is 45.2. The number of carbonyl (C=O) groups is 1. The number of hydrogen-bond donors (Lipinski definition) is 1. The van der Waals surface area contributed by atoms with Gasteiger partial charge in [-0.1, -0.05) is 12.1 Å². The second-order valence-electron chi connectivity index (χ2n) is 2.96. The van der Waals surface area contributed by atoms with E-state index in [0.29, 0.717) is 6.26 Å². The van der Waals surface area contributed by atoms with E-state index in [-0.39, 0.29) is 0 Å². The minimum Gasteiger partial charge on any atom is -0.478 e. The molecule has 16 heavy (non-hydrogen) atoms. The Hall–Kier alpha value is -1.41. The van der Waals surface area contributed by atoms with Crippen molar-refractivity contribution >= 4 is 23.7 Å². The molecule has 0 bridgehead atoms. The summed E-state index contributed by atoms with van der Waals surface area (Å²) >= 11 is 0. The first-order valence-electron chi connectivity index (χ1n) is 3.95. The predicted molar refractivity (Wildman–Crippen MR) is 55.4 cm³/mol. The van der Waals surface area contributed by atoms with Gasteiger partial charge in [-0.25, -0.2) is 21.6 Å². The van der Waals surface area contributed by atoms with E-state index in [9.17, 15) is 21.6 Å². The van der Waals surface area contributed by atoms with Crippen molar-refractivity contribution in [3.8, 4) is 0 Å². The van der Waals surface area contributed by atoms with Crippen molar-refractivity contribution < 1.29 is 26.7 Å². The zero-order valence-corrected chi connectivity index (χ0v) is 9.75. The van der Waals surface area contributed by atoms with E-state index in [1.165, 1.54) is 12.1 Å². The van der Waals surface area contributed by atoms with Crippen LogP contribution in [-0.4, -0.2) is 34.2 Å². The van der Waals surface area contributed by atoms with E-state index in [0.717, 1.165) is 12.1 Å². The van der Waals surface area contributed by atoms with Gasteiger partial charge in [0.2, 0.25) is 0 Å². The van der Waals surface area contributed by atoms with Gasteiger partial charge in [-0.2, -0.15) is 0 Å². The molecule has 0 heterocycles. The third-order valence-corrected chi connectivity index (χ3v) is 6.41. The average Bonchev–Trinajstić information content (AvgIpc) is 2.16. The molecule has 0 saturated carbocycles. The lowest BCUT2D eigenvalue weighted by Gasteiger charge is -2.04. The van der Waals surface area contributed by atoms with E-state index < -0.39 is 34.2 Å². The summed E-state index contributed by atoms with van der Waals surface area (Å²) in [6, 6.07) is 4.54. The van der Waals surface area contributed by atoms with Crippen LogP contribution in [0.1, 0.15) is 10.4 Å². The summed E-state index contributed by atoms with van der Waals surface area (Å²) in [5.41, 5.74) is -0.562. The maximum atomic E-state index is 11.5. The van der Waals surface area contributed by atoms with Crippen LogP contribution in [0.25, 0.3) is 0 Å². The minimum absolute atomic E-state index is 0.515. The highest BCUT2D eigenvalue weighted by molar-refractivity contribution is 8.66. The predicted octanol–water partition coefficient (Wildman–Crippen LogP) is 0.118. The molecular formula is C8H8O6S2. The molecule has 0 spiro atoms. The van der Waals surface area contributed by atoms with Crippen LogP contribution >= 0.6 is 0 Å². The molecule has 6 nitrogen and oxygen atoms in total. The van der Waals surface area contributed by atoms with Crippen LogP contribution in [0.3, 0.4) is 0 Å². The summed E-state index contributed by atoms with van der Waals surface area (Å²) in [5.74, 6) is -1.50. The lowest BCUT2D eigenvalue weighted by Crippen LogP contribution is -2.17. The van der Waals surface area contributed by atoms with Crippen molar-refractivity contribution in [3.05, 3.63) is 29.8 Å². The maximum Gasteiger partial charge on any atom is 0.337 e. The van der Waals surface area contributed by atoms with E-state index in [2.05, 4.69) is 0 Å². The molecule has 1 aromatic carbocycles. The van der Waals surface area contributed by atoms with E-state index in [1.54, 1.807) is 0 Å². The zero-order chi connectivity index (χ0) is 12.6. The van der Waals surface area contributed by atoms with Gasteiger partial charge in [0.1, 0.15) is 0 Å². The molecule has 0 aromatic heterocycles. The van der Waals surface area contributed by atoms with Crippen molar-refractivity contribution in [2.24, 2.45) is 0 Å². The molecule has 0 amide bonds. The monoisotopic (exact) mass is 264 g/mol. The fourth-order valence-electron chi connectivity index (χ4n) is 1.02. The highest BCUT2D eigenvalue weighted by Crippen LogP contribution is 2.20. The van der Waals surface area contributed by atoms with Crippen molar-refractivity contribution in [2.75, 3.05) is 6.26 Å². The Bertz CT molecular complexity index is 626. The Balaban J connectivity index is 3.65. The molecule has 1 rings (SSSR count). The molecule has 0 aliphatic heterocycles. The van der Waals surface area contributed by atoms with E-state index in [4.69, 9.17) is 5.11 Å². The number of hydrogen-bond acceptors (Lipinski definition) is 5. The number of aromatic carboxylic acids is 1. The fraction of sp³-hybridized carbons (Fsp3) is 0.125. The van der Waals surface area contributed by atoms with Gasteiger partial charge in [-0.05, 0) is 12.1 Å². The van der Waals surface area contributed by atoms with Crippen molar-refractivity contribution in [1.29, 1.82) is 0 Å². The standard InChI is InChI=1S/C8H8O6S2/c1-15(11,12)16(13,14)7-5-3-2-4-6(7)8(9)10/h2-5H,1H3,(H,9,10). The SMILES string of the molecule is CS(=O)(=O)S(=O)(=O)c1ccccc1C(=O)O. The molecular weight excluding hydrogens is 256 g/mol. The number of carboxylic acid groups (broad SMARTS) is 1. The Morgan fingerprint density at radius 1 is 1.12 bits per heavy atom. The molecule has 0 fully saturated rings. The van der Waals surface area contributed by atoms with Crippen LogP contribution < -0.4 is 0 Å². The summed E-state index contributed by atoms with van der Waals surface area (Å²) in [5, 5.41) is 8.74. The lowest BCUT2D eigenvalue weighted by atomic mass is 10.2. The second-order valence-corrected chi connectivity index (χ2v) is 8.85. The molecule has 0 atom stereocenters. The molecule has 0 aliphatic rings. The minimum atomic E-state index is -4.66. The van der Waals surface area contributed by atoms with Gasteiger partial charge in [0, 0.05) is 0 Å². The molecule has 0 aliphatic carbocycles. The Morgan fingerprint density at radius 2 is 1.62 bits per heavy atom. The van der Waals surface area contributed by atoms with Gasteiger partial charge >= 0.3 is 5.97 Å². The average molecular weight is 264 g/mol. The number of carboxylic acids is 1. The van der Waals surface area contributed by atoms with Crippen molar-refractivity contribution in [2.45, 2.75) is 4.90 Å². The molecule has 88 valence electrons. The quantitative estimate of drug-likeness (QED) is 0.777. The first kappa shape index (κ1) is 12.7. The lowest BCUT2D eigenvalue weighted by molar-refractivity contribution is 0.0692. The van der Waals surface area contributed by atoms with Crippen LogP contribution in [0.2, 0.25) is 0 Å². The van der Waals surface area contributed by atoms with Crippen LogP contribution in [0.5, 0.6) is 0 Å². The summed E-state index contributed by atoms with van der Waals surface area (Å²) in [7, 11) is -9.06. The fourth-order valence-corrected chi connectivity index (χ4v) is 3.44. The molecule has 0 saturated heterocycles. The normalized spacial score (nSPS) is 12.3. The molecule has 0 unspecified atom stereocenters. The molecule has 8 heteroatoms. The smallest absolute Gasteiger partial charge is 0.337 e. The van der Waals surface area contributed by atoms with Gasteiger partial charge < -0.3 is 5.11 Å². The molecule has 0 radical (unpaired) electrons. The maximum absolute atomic E-state index is 11.5. The largest absolute Gasteiger partial charge is 0.478 e. The number of rotatable bonds is 3. The van der Waals surface area contributed by atoms with Gasteiger partial charge in [0.15, 0.2) is 0 Å². The summed E-state index contributed by atoms with van der Waals surface area (Å²) in [4.78, 5) is 10.0. The Labute approximate surface area is 91.8 Å². The van der Waals surface area contributed by atoms with Crippen LogP contribution in [0.15, 0.2) is 29.2 Å². The topological polar surface area (TPSA) is 106 Å². The van der Waals surface area contributed by atoms with Gasteiger partial charge in [-0.15, -0.1) is 0 Å². The molecule has 1 aromatic rings. The first-order valence-corrected chi connectivity index (χ1v) is 7.84. The highest BCUT2D eigenvalue weighted by atomic mass is 33.2. The van der Waals surface area contributed by atoms with Crippen molar-refractivity contribution in [3.63, 3.8) is 0 Å². The van der Waals surface area contributed by atoms with Gasteiger partial charge in [0.05, 0.1) is 16.7 Å². The van der Waals surface area contributed by atoms with Gasteiger partial charge in [-0.3, -0.25) is 0 Å². The highest BCUT2D eigenvalue weighted by Gasteiger charge is 2.31. The summed E-state index contributed by atoms with van der Waals surface area (Å²) in [6.45, 7) is 0. The van der Waals surface area contributed by atoms with Crippen LogP contribution in [0.4, 0.5) is 0 Å². The third kappa shape index (κ3) is 2.07. The Morgan fingerprint density at radius 3 is 2.06 bits per heavy atom. The van der Waals surface area contributed by atoms with E-state index in [1.807, 2.05) is 0 Å². The second kappa shape index (κ2) is 3.87. The van der Waals surface area contributed by atoms with Crippen molar-refractivity contribution in [1.82, 2.24) is 0 Å². The first-order chi connectivity index (χ1) is 7.18. The molecule has 1 N–H and O–H groups in total. The van der Waals surface area contributed by atoms with E-state index >= 15 is 0 Å². The number of benzene rings is 1. The third-order valence-electron chi connectivity index (χ3n) is 1.79. The van der Waals surface area contributed by atoms with Crippen LogP contribution in [-0.2, 0) is 17.7 Å². The van der Waals surface area contributed by atoms with Crippen LogP contribution in [0, 0.1) is 0 Å². The summed E-state index contributed by atoms with van der Waals surface area (Å²) in [6.07, 6.45) is 0.515. The van der Waals surface area contributed by atoms with Gasteiger partial charge in [0.25, 0.3) is 17.7 Å². The Kier molecular flexibility index (Phi) is 3.06. The zero-order valence-electron chi connectivity index (χ0n) is 8.11.